The van der Waals surface area contributed by atoms with Crippen molar-refractivity contribution in [2.24, 2.45) is 0 Å². The van der Waals surface area contributed by atoms with Crippen LogP contribution in [0.5, 0.6) is 28.7 Å². The molecule has 160 valence electrons. The quantitative estimate of drug-likeness (QED) is 0.209. The van der Waals surface area contributed by atoms with Gasteiger partial charge in [-0.2, -0.15) is 0 Å². The number of phenols is 3. The molecule has 1 aliphatic rings. The van der Waals surface area contributed by atoms with E-state index in [-0.39, 0.29) is 16.2 Å². The van der Waals surface area contributed by atoms with E-state index >= 15 is 0 Å². The first-order chi connectivity index (χ1) is 15.3. The molecule has 4 N–H and O–H groups in total. The van der Waals surface area contributed by atoms with Gasteiger partial charge in [0.05, 0.1) is 5.69 Å². The number of thiocarbonyl (C=S) groups is 1. The van der Waals surface area contributed by atoms with E-state index in [0.29, 0.717) is 17.2 Å². The molecule has 9 heteroatoms. The SMILES string of the molecule is O=C1NC(=S)N(c2ccc(Oc3ccccc3)cc2)C(=O)/C1=C/c1cc(O)c(O)c(O)c1. The lowest BCUT2D eigenvalue weighted by Gasteiger charge is -2.29. The molecule has 0 saturated carbocycles. The summed E-state index contributed by atoms with van der Waals surface area (Å²) in [5.74, 6) is -2.11. The number of hydrogen-bond donors (Lipinski definition) is 4. The van der Waals surface area contributed by atoms with Crippen LogP contribution in [-0.4, -0.2) is 32.2 Å². The Bertz CT molecular complexity index is 1230. The zero-order valence-corrected chi connectivity index (χ0v) is 17.2. The highest BCUT2D eigenvalue weighted by Crippen LogP contribution is 2.36. The zero-order valence-electron chi connectivity index (χ0n) is 16.4. The molecule has 0 radical (unpaired) electrons. The largest absolute Gasteiger partial charge is 0.504 e. The maximum absolute atomic E-state index is 13.1. The molecule has 3 aromatic rings. The lowest BCUT2D eigenvalue weighted by atomic mass is 10.1. The van der Waals surface area contributed by atoms with Crippen molar-refractivity contribution < 1.29 is 29.6 Å². The van der Waals surface area contributed by atoms with Crippen molar-refractivity contribution in [1.82, 2.24) is 5.32 Å². The van der Waals surface area contributed by atoms with Gasteiger partial charge in [-0.15, -0.1) is 0 Å². The van der Waals surface area contributed by atoms with E-state index in [1.165, 1.54) is 6.08 Å². The third kappa shape index (κ3) is 4.09. The van der Waals surface area contributed by atoms with Crippen LogP contribution in [0.3, 0.4) is 0 Å². The van der Waals surface area contributed by atoms with Gasteiger partial charge in [-0.05, 0) is 72.4 Å². The van der Waals surface area contributed by atoms with E-state index in [2.05, 4.69) is 5.32 Å². The number of amides is 2. The number of ether oxygens (including phenoxy) is 1. The number of para-hydroxylation sites is 1. The van der Waals surface area contributed by atoms with Crippen LogP contribution >= 0.6 is 12.2 Å². The molecule has 0 atom stereocenters. The summed E-state index contributed by atoms with van der Waals surface area (Å²) in [6, 6.07) is 18.0. The van der Waals surface area contributed by atoms with Crippen LogP contribution in [0.1, 0.15) is 5.56 Å². The number of phenolic OH excluding ortho intramolecular Hbond substituents is 3. The molecule has 32 heavy (non-hydrogen) atoms. The van der Waals surface area contributed by atoms with Gasteiger partial charge in [0.25, 0.3) is 11.8 Å². The molecule has 0 unspecified atom stereocenters. The molecule has 1 aliphatic heterocycles. The summed E-state index contributed by atoms with van der Waals surface area (Å²) in [6.07, 6.45) is 1.18. The van der Waals surface area contributed by atoms with Gasteiger partial charge in [0.2, 0.25) is 0 Å². The van der Waals surface area contributed by atoms with Gasteiger partial charge in [-0.3, -0.25) is 19.8 Å². The van der Waals surface area contributed by atoms with Gasteiger partial charge >= 0.3 is 0 Å². The van der Waals surface area contributed by atoms with E-state index < -0.39 is 29.1 Å². The molecule has 0 aromatic heterocycles. The number of nitrogens with one attached hydrogen (secondary N) is 1. The van der Waals surface area contributed by atoms with Crippen LogP contribution in [-0.2, 0) is 9.59 Å². The van der Waals surface area contributed by atoms with Crippen molar-refractivity contribution >= 4 is 40.9 Å². The van der Waals surface area contributed by atoms with Crippen LogP contribution in [0.2, 0.25) is 0 Å². The van der Waals surface area contributed by atoms with Gasteiger partial charge < -0.3 is 20.1 Å². The number of benzene rings is 3. The molecule has 0 aliphatic carbocycles. The molecule has 1 saturated heterocycles. The maximum Gasteiger partial charge on any atom is 0.270 e. The highest BCUT2D eigenvalue weighted by Gasteiger charge is 2.34. The minimum absolute atomic E-state index is 0.0923. The summed E-state index contributed by atoms with van der Waals surface area (Å²) in [5, 5.41) is 31.2. The fourth-order valence-corrected chi connectivity index (χ4v) is 3.34. The third-order valence-corrected chi connectivity index (χ3v) is 4.86. The normalized spacial score (nSPS) is 15.1. The summed E-state index contributed by atoms with van der Waals surface area (Å²) in [4.78, 5) is 26.6. The first-order valence-electron chi connectivity index (χ1n) is 9.33. The Balaban J connectivity index is 1.62. The molecule has 3 aromatic carbocycles. The van der Waals surface area contributed by atoms with Crippen molar-refractivity contribution in [3.63, 3.8) is 0 Å². The maximum atomic E-state index is 13.1. The Morgan fingerprint density at radius 3 is 2.09 bits per heavy atom. The van der Waals surface area contributed by atoms with E-state index in [9.17, 15) is 24.9 Å². The van der Waals surface area contributed by atoms with Crippen LogP contribution in [0.25, 0.3) is 6.08 Å². The summed E-state index contributed by atoms with van der Waals surface area (Å²) >= 11 is 5.18. The Morgan fingerprint density at radius 1 is 0.875 bits per heavy atom. The van der Waals surface area contributed by atoms with Crippen LogP contribution in [0.15, 0.2) is 72.3 Å². The van der Waals surface area contributed by atoms with Gasteiger partial charge in [0, 0.05) is 0 Å². The van der Waals surface area contributed by atoms with Crippen LogP contribution in [0.4, 0.5) is 5.69 Å². The Morgan fingerprint density at radius 2 is 1.47 bits per heavy atom. The molecule has 2 amide bonds. The molecular formula is C23H16N2O6S. The second kappa shape index (κ2) is 8.40. The Labute approximate surface area is 187 Å². The fourth-order valence-electron chi connectivity index (χ4n) is 3.06. The molecule has 0 spiro atoms. The number of anilines is 1. The highest BCUT2D eigenvalue weighted by atomic mass is 32.1. The Kier molecular flexibility index (Phi) is 5.48. The molecule has 0 bridgehead atoms. The smallest absolute Gasteiger partial charge is 0.270 e. The van der Waals surface area contributed by atoms with E-state index in [1.54, 1.807) is 24.3 Å². The first-order valence-corrected chi connectivity index (χ1v) is 9.73. The average Bonchev–Trinajstić information content (AvgIpc) is 2.76. The van der Waals surface area contributed by atoms with Crippen molar-refractivity contribution in [2.45, 2.75) is 0 Å². The van der Waals surface area contributed by atoms with Crippen molar-refractivity contribution in [3.8, 4) is 28.7 Å². The number of rotatable bonds is 4. The van der Waals surface area contributed by atoms with Crippen molar-refractivity contribution in [2.75, 3.05) is 4.90 Å². The second-order valence-corrected chi connectivity index (χ2v) is 7.16. The second-order valence-electron chi connectivity index (χ2n) is 6.77. The highest BCUT2D eigenvalue weighted by molar-refractivity contribution is 7.80. The summed E-state index contributed by atoms with van der Waals surface area (Å²) < 4.78 is 5.74. The molecule has 4 rings (SSSR count). The summed E-state index contributed by atoms with van der Waals surface area (Å²) in [5.41, 5.74) is 0.270. The summed E-state index contributed by atoms with van der Waals surface area (Å²) in [7, 11) is 0. The molecule has 1 fully saturated rings. The van der Waals surface area contributed by atoms with Gasteiger partial charge in [-0.25, -0.2) is 0 Å². The van der Waals surface area contributed by atoms with Crippen LogP contribution in [0, 0.1) is 0 Å². The molecular weight excluding hydrogens is 432 g/mol. The number of aromatic hydroxyl groups is 3. The number of hydrogen-bond acceptors (Lipinski definition) is 7. The molecule has 1 heterocycles. The predicted octanol–water partition coefficient (Wildman–Crippen LogP) is 3.43. The molecule has 8 nitrogen and oxygen atoms in total. The minimum atomic E-state index is -0.729. The number of carbonyl (C=O) groups excluding carboxylic acids is 2. The average molecular weight is 448 g/mol. The van der Waals surface area contributed by atoms with Crippen molar-refractivity contribution in [3.05, 3.63) is 77.9 Å². The van der Waals surface area contributed by atoms with Gasteiger partial charge in [-0.1, -0.05) is 18.2 Å². The fraction of sp³-hybridized carbons (Fsp3) is 0. The topological polar surface area (TPSA) is 119 Å². The minimum Gasteiger partial charge on any atom is -0.504 e. The lowest BCUT2D eigenvalue weighted by Crippen LogP contribution is -2.54. The third-order valence-electron chi connectivity index (χ3n) is 4.58. The van der Waals surface area contributed by atoms with Crippen LogP contribution < -0.4 is 15.0 Å². The zero-order chi connectivity index (χ0) is 22.8. The van der Waals surface area contributed by atoms with E-state index in [0.717, 1.165) is 17.0 Å². The summed E-state index contributed by atoms with van der Waals surface area (Å²) in [6.45, 7) is 0. The van der Waals surface area contributed by atoms with E-state index in [4.69, 9.17) is 17.0 Å². The van der Waals surface area contributed by atoms with E-state index in [1.807, 2.05) is 30.3 Å². The Hall–Kier alpha value is -4.37. The predicted molar refractivity (Wildman–Crippen MR) is 121 cm³/mol. The first kappa shape index (κ1) is 20.9. The number of carbonyl (C=O) groups is 2. The van der Waals surface area contributed by atoms with Crippen molar-refractivity contribution in [1.29, 1.82) is 0 Å². The number of nitrogens with zero attached hydrogens (tertiary/aromatic N) is 1. The van der Waals surface area contributed by atoms with Gasteiger partial charge in [0.1, 0.15) is 17.1 Å². The monoisotopic (exact) mass is 448 g/mol. The van der Waals surface area contributed by atoms with Gasteiger partial charge in [0.15, 0.2) is 22.4 Å². The standard InChI is InChI=1S/C23H16N2O6S/c26-18-11-13(12-19(27)20(18)28)10-17-21(29)24-23(32)25(22(17)30)14-6-8-16(9-7-14)31-15-4-2-1-3-5-15/h1-12,26-28H,(H,24,29,32)/b17-10+. The lowest BCUT2D eigenvalue weighted by molar-refractivity contribution is -0.122.